The maximum atomic E-state index is 13.6. The molecule has 0 aliphatic carbocycles. The Hall–Kier alpha value is -4.28. The van der Waals surface area contributed by atoms with Crippen molar-refractivity contribution in [1.29, 1.82) is 0 Å². The van der Waals surface area contributed by atoms with Crippen molar-refractivity contribution < 1.29 is 9.59 Å². The molecule has 0 radical (unpaired) electrons. The maximum Gasteiger partial charge on any atom is 0.274 e. The molecule has 3 heterocycles. The van der Waals surface area contributed by atoms with Crippen molar-refractivity contribution in [2.45, 2.75) is 13.5 Å². The second kappa shape index (κ2) is 10.00. The van der Waals surface area contributed by atoms with Gasteiger partial charge in [-0.1, -0.05) is 35.3 Å². The third-order valence-electron chi connectivity index (χ3n) is 5.57. The molecular formula is C25H20Cl2N8O2. The molecule has 3 aromatic heterocycles. The van der Waals surface area contributed by atoms with Crippen LogP contribution >= 0.6 is 23.2 Å². The van der Waals surface area contributed by atoms with Crippen LogP contribution in [0.5, 0.6) is 0 Å². The molecule has 0 spiro atoms. The standard InChI is InChI=1S/C25H20Cl2N8O2/c1-14-10-15(26)11-17(24(36)28-2)22(14)30-25(37)21-12-16(31-35(21)23-18(27)6-5-9-29-23)13-34-32-19-7-3-4-8-20(19)33-34/h3-12H,13H2,1-2H3,(H,28,36)(H,30,37). The van der Waals surface area contributed by atoms with Crippen molar-refractivity contribution in [3.63, 3.8) is 0 Å². The number of halogens is 2. The van der Waals surface area contributed by atoms with Gasteiger partial charge in [-0.05, 0) is 55.0 Å². The molecule has 0 aliphatic heterocycles. The van der Waals surface area contributed by atoms with Gasteiger partial charge >= 0.3 is 0 Å². The van der Waals surface area contributed by atoms with Crippen LogP contribution in [-0.2, 0) is 6.54 Å². The zero-order chi connectivity index (χ0) is 26.1. The topological polar surface area (TPSA) is 120 Å². The third kappa shape index (κ3) is 4.89. The van der Waals surface area contributed by atoms with Crippen LogP contribution in [0.4, 0.5) is 5.69 Å². The summed E-state index contributed by atoms with van der Waals surface area (Å²) in [5.74, 6) is -0.632. The summed E-state index contributed by atoms with van der Waals surface area (Å²) < 4.78 is 1.36. The van der Waals surface area contributed by atoms with Crippen molar-refractivity contribution in [3.05, 3.63) is 93.4 Å². The van der Waals surface area contributed by atoms with Gasteiger partial charge in [0.25, 0.3) is 11.8 Å². The number of carbonyl (C=O) groups excluding carboxylic acids is 2. The molecule has 0 saturated heterocycles. The van der Waals surface area contributed by atoms with E-state index in [1.54, 1.807) is 37.4 Å². The predicted octanol–water partition coefficient (Wildman–Crippen LogP) is 4.29. The molecule has 37 heavy (non-hydrogen) atoms. The SMILES string of the molecule is CNC(=O)c1cc(Cl)cc(C)c1NC(=O)c1cc(Cn2nc3ccccc3n2)nn1-c1ncccc1Cl. The maximum absolute atomic E-state index is 13.6. The van der Waals surface area contributed by atoms with Crippen LogP contribution in [0, 0.1) is 6.92 Å². The van der Waals surface area contributed by atoms with Crippen LogP contribution in [0.1, 0.15) is 32.1 Å². The van der Waals surface area contributed by atoms with Gasteiger partial charge in [0.2, 0.25) is 0 Å². The molecule has 0 unspecified atom stereocenters. The Labute approximate surface area is 221 Å². The van der Waals surface area contributed by atoms with Crippen LogP contribution in [0.3, 0.4) is 0 Å². The molecule has 0 saturated carbocycles. The minimum absolute atomic E-state index is 0.157. The van der Waals surface area contributed by atoms with Crippen LogP contribution < -0.4 is 10.6 Å². The normalized spacial score (nSPS) is 11.0. The first-order valence-electron chi connectivity index (χ1n) is 11.2. The van der Waals surface area contributed by atoms with Crippen molar-refractivity contribution in [3.8, 4) is 5.82 Å². The van der Waals surface area contributed by atoms with Crippen LogP contribution in [-0.4, -0.2) is 48.6 Å². The lowest BCUT2D eigenvalue weighted by Gasteiger charge is -2.14. The summed E-state index contributed by atoms with van der Waals surface area (Å²) in [6.45, 7) is 1.95. The zero-order valence-corrected chi connectivity index (χ0v) is 21.2. The van der Waals surface area contributed by atoms with Crippen molar-refractivity contribution >= 4 is 51.7 Å². The fraction of sp³-hybridized carbons (Fsp3) is 0.120. The zero-order valence-electron chi connectivity index (χ0n) is 19.7. The Morgan fingerprint density at radius 3 is 2.35 bits per heavy atom. The Morgan fingerprint density at radius 2 is 1.68 bits per heavy atom. The number of aryl methyl sites for hydroxylation is 1. The van der Waals surface area contributed by atoms with E-state index in [0.717, 1.165) is 11.0 Å². The summed E-state index contributed by atoms with van der Waals surface area (Å²) in [6.07, 6.45) is 1.55. The third-order valence-corrected chi connectivity index (χ3v) is 6.09. The summed E-state index contributed by atoms with van der Waals surface area (Å²) in [6, 6.07) is 15.6. The molecular weight excluding hydrogens is 515 g/mol. The molecule has 5 aromatic rings. The van der Waals surface area contributed by atoms with Crippen LogP contribution in [0.2, 0.25) is 10.0 Å². The van der Waals surface area contributed by atoms with E-state index in [4.69, 9.17) is 23.2 Å². The number of hydrogen-bond acceptors (Lipinski definition) is 6. The van der Waals surface area contributed by atoms with E-state index < -0.39 is 5.91 Å². The number of benzene rings is 2. The van der Waals surface area contributed by atoms with Crippen LogP contribution in [0.25, 0.3) is 16.9 Å². The molecule has 5 rings (SSSR count). The number of fused-ring (bicyclic) bond motifs is 1. The second-order valence-corrected chi connectivity index (χ2v) is 8.98. The smallest absolute Gasteiger partial charge is 0.274 e. The summed E-state index contributed by atoms with van der Waals surface area (Å²) in [5.41, 5.74) is 3.33. The van der Waals surface area contributed by atoms with E-state index in [1.165, 1.54) is 22.6 Å². The summed E-state index contributed by atoms with van der Waals surface area (Å²) in [4.78, 5) is 31.9. The van der Waals surface area contributed by atoms with Gasteiger partial charge in [0, 0.05) is 18.3 Å². The highest BCUT2D eigenvalue weighted by Gasteiger charge is 2.23. The lowest BCUT2D eigenvalue weighted by atomic mass is 10.1. The lowest BCUT2D eigenvalue weighted by Crippen LogP contribution is -2.23. The van der Waals surface area contributed by atoms with Gasteiger partial charge < -0.3 is 10.6 Å². The summed E-state index contributed by atoms with van der Waals surface area (Å²) in [5, 5.41) is 19.6. The highest BCUT2D eigenvalue weighted by molar-refractivity contribution is 6.32. The Kier molecular flexibility index (Phi) is 6.60. The highest BCUT2D eigenvalue weighted by atomic mass is 35.5. The molecule has 2 amide bonds. The van der Waals surface area contributed by atoms with Gasteiger partial charge in [-0.2, -0.15) is 20.1 Å². The van der Waals surface area contributed by atoms with Gasteiger partial charge in [0.05, 0.1) is 22.0 Å². The molecule has 2 aromatic carbocycles. The first-order chi connectivity index (χ1) is 17.8. The van der Waals surface area contributed by atoms with Gasteiger partial charge in [0.15, 0.2) is 5.82 Å². The van der Waals surface area contributed by atoms with Gasteiger partial charge in [-0.25, -0.2) is 9.67 Å². The number of nitrogens with one attached hydrogen (secondary N) is 2. The quantitative estimate of drug-likeness (QED) is 0.335. The Morgan fingerprint density at radius 1 is 0.946 bits per heavy atom. The Bertz CT molecular complexity index is 1630. The molecule has 12 heteroatoms. The van der Waals surface area contributed by atoms with E-state index in [-0.39, 0.29) is 29.5 Å². The van der Waals surface area contributed by atoms with E-state index >= 15 is 0 Å². The number of amides is 2. The number of aromatic nitrogens is 6. The number of nitrogens with zero attached hydrogens (tertiary/aromatic N) is 6. The molecule has 10 nitrogen and oxygen atoms in total. The van der Waals surface area contributed by atoms with Crippen LogP contribution in [0.15, 0.2) is 60.8 Å². The van der Waals surface area contributed by atoms with Crippen molar-refractivity contribution in [2.75, 3.05) is 12.4 Å². The monoisotopic (exact) mass is 534 g/mol. The number of rotatable bonds is 6. The number of carbonyl (C=O) groups is 2. The van der Waals surface area contributed by atoms with Crippen molar-refractivity contribution in [2.24, 2.45) is 0 Å². The lowest BCUT2D eigenvalue weighted by molar-refractivity contribution is 0.0964. The van der Waals surface area contributed by atoms with Gasteiger partial charge in [-0.15, -0.1) is 0 Å². The fourth-order valence-corrected chi connectivity index (χ4v) is 4.36. The van der Waals surface area contributed by atoms with E-state index in [1.807, 2.05) is 24.3 Å². The average Bonchev–Trinajstić information content (AvgIpc) is 3.49. The predicted molar refractivity (Wildman–Crippen MR) is 141 cm³/mol. The average molecular weight is 535 g/mol. The molecule has 0 bridgehead atoms. The number of hydrogen-bond donors (Lipinski definition) is 2. The summed E-state index contributed by atoms with van der Waals surface area (Å²) in [7, 11) is 1.50. The molecule has 0 atom stereocenters. The van der Waals surface area contributed by atoms with E-state index in [2.05, 4.69) is 30.9 Å². The minimum atomic E-state index is -0.519. The van der Waals surface area contributed by atoms with E-state index in [9.17, 15) is 9.59 Å². The fourth-order valence-electron chi connectivity index (χ4n) is 3.88. The molecule has 186 valence electrons. The number of pyridine rings is 1. The molecule has 2 N–H and O–H groups in total. The summed E-state index contributed by atoms with van der Waals surface area (Å²) >= 11 is 12.6. The van der Waals surface area contributed by atoms with Crippen molar-refractivity contribution in [1.82, 2.24) is 35.1 Å². The Balaban J connectivity index is 1.55. The van der Waals surface area contributed by atoms with Gasteiger partial charge in [-0.3, -0.25) is 9.59 Å². The first kappa shape index (κ1) is 24.4. The van der Waals surface area contributed by atoms with Gasteiger partial charge in [0.1, 0.15) is 23.3 Å². The molecule has 0 fully saturated rings. The largest absolute Gasteiger partial charge is 0.355 e. The highest BCUT2D eigenvalue weighted by Crippen LogP contribution is 2.27. The first-order valence-corrected chi connectivity index (χ1v) is 11.9. The second-order valence-electron chi connectivity index (χ2n) is 8.14. The molecule has 0 aliphatic rings. The number of anilines is 1. The minimum Gasteiger partial charge on any atom is -0.355 e. The van der Waals surface area contributed by atoms with E-state index in [0.29, 0.717) is 27.0 Å².